The second kappa shape index (κ2) is 3.70. The van der Waals surface area contributed by atoms with Gasteiger partial charge in [-0.3, -0.25) is 4.79 Å². The molecule has 0 heterocycles. The lowest BCUT2D eigenvalue weighted by Gasteiger charge is -2.17. The maximum atomic E-state index is 11.3. The first-order valence-corrected chi connectivity index (χ1v) is 4.38. The summed E-state index contributed by atoms with van der Waals surface area (Å²) in [5.41, 5.74) is 1.27. The van der Waals surface area contributed by atoms with Gasteiger partial charge >= 0.3 is 0 Å². The lowest BCUT2D eigenvalue weighted by Crippen LogP contribution is -2.16. The zero-order valence-electron chi connectivity index (χ0n) is 7.39. The van der Waals surface area contributed by atoms with Gasteiger partial charge in [0.15, 0.2) is 0 Å². The second-order valence-corrected chi connectivity index (χ2v) is 3.56. The van der Waals surface area contributed by atoms with E-state index in [1.165, 1.54) is 12.0 Å². The number of hydrogen-bond donors (Lipinski definition) is 0. The maximum Gasteiger partial charge on any atom is 0.139 e. The van der Waals surface area contributed by atoms with E-state index in [9.17, 15) is 4.79 Å². The first kappa shape index (κ1) is 8.51. The van der Waals surface area contributed by atoms with Gasteiger partial charge in [-0.25, -0.2) is 0 Å². The van der Waals surface area contributed by atoms with Crippen LogP contribution >= 0.6 is 0 Å². The van der Waals surface area contributed by atoms with E-state index < -0.39 is 0 Å². The van der Waals surface area contributed by atoms with Crippen LogP contribution in [0, 0.1) is 5.92 Å². The highest BCUT2D eigenvalue weighted by Gasteiger charge is 2.19. The zero-order valence-corrected chi connectivity index (χ0v) is 7.39. The SMILES string of the molecule is CC(C)=CC1CCCCC1=O. The molecule has 0 aromatic heterocycles. The fraction of sp³-hybridized carbons (Fsp3) is 0.700. The van der Waals surface area contributed by atoms with Crippen molar-refractivity contribution in [3.05, 3.63) is 11.6 Å². The Morgan fingerprint density at radius 3 is 2.73 bits per heavy atom. The van der Waals surface area contributed by atoms with Crippen molar-refractivity contribution >= 4 is 5.78 Å². The van der Waals surface area contributed by atoms with E-state index in [-0.39, 0.29) is 5.92 Å². The minimum atomic E-state index is 0.244. The molecule has 62 valence electrons. The summed E-state index contributed by atoms with van der Waals surface area (Å²) in [5, 5.41) is 0. The van der Waals surface area contributed by atoms with Crippen molar-refractivity contribution in [2.24, 2.45) is 5.92 Å². The van der Waals surface area contributed by atoms with Crippen molar-refractivity contribution in [1.29, 1.82) is 0 Å². The van der Waals surface area contributed by atoms with Crippen molar-refractivity contribution < 1.29 is 4.79 Å². The lowest BCUT2D eigenvalue weighted by atomic mass is 9.87. The Bertz CT molecular complexity index is 175. The average Bonchev–Trinajstić information content (AvgIpc) is 1.93. The quantitative estimate of drug-likeness (QED) is 0.528. The fourth-order valence-electron chi connectivity index (χ4n) is 1.59. The van der Waals surface area contributed by atoms with E-state index in [0.717, 1.165) is 19.3 Å². The summed E-state index contributed by atoms with van der Waals surface area (Å²) in [6.07, 6.45) is 6.31. The van der Waals surface area contributed by atoms with Crippen molar-refractivity contribution in [3.8, 4) is 0 Å². The molecule has 1 saturated carbocycles. The Kier molecular flexibility index (Phi) is 2.86. The first-order chi connectivity index (χ1) is 5.20. The smallest absolute Gasteiger partial charge is 0.139 e. The third-order valence-corrected chi connectivity index (χ3v) is 2.14. The number of ketones is 1. The number of hydrogen-bond acceptors (Lipinski definition) is 1. The Morgan fingerprint density at radius 2 is 2.18 bits per heavy atom. The van der Waals surface area contributed by atoms with Crippen LogP contribution < -0.4 is 0 Å². The minimum Gasteiger partial charge on any atom is -0.299 e. The number of carbonyl (C=O) groups excluding carboxylic acids is 1. The molecule has 0 spiro atoms. The molecule has 0 aliphatic heterocycles. The summed E-state index contributed by atoms with van der Waals surface area (Å²) in [5.74, 6) is 0.686. The van der Waals surface area contributed by atoms with E-state index >= 15 is 0 Å². The fourth-order valence-corrected chi connectivity index (χ4v) is 1.59. The molecule has 0 radical (unpaired) electrons. The van der Waals surface area contributed by atoms with E-state index in [0.29, 0.717) is 5.78 Å². The molecular formula is C10H16O. The summed E-state index contributed by atoms with van der Waals surface area (Å²) < 4.78 is 0. The molecule has 11 heavy (non-hydrogen) atoms. The van der Waals surface area contributed by atoms with Gasteiger partial charge in [0.2, 0.25) is 0 Å². The molecule has 0 aromatic carbocycles. The highest BCUT2D eigenvalue weighted by molar-refractivity contribution is 5.83. The van der Waals surface area contributed by atoms with Crippen LogP contribution in [0.2, 0.25) is 0 Å². The van der Waals surface area contributed by atoms with E-state index in [1.54, 1.807) is 0 Å². The molecule has 1 nitrogen and oxygen atoms in total. The molecule has 0 amide bonds. The lowest BCUT2D eigenvalue weighted by molar-refractivity contribution is -0.123. The van der Waals surface area contributed by atoms with E-state index in [4.69, 9.17) is 0 Å². The minimum absolute atomic E-state index is 0.244. The Hall–Kier alpha value is -0.590. The molecule has 0 aromatic rings. The third kappa shape index (κ3) is 2.49. The largest absolute Gasteiger partial charge is 0.299 e. The van der Waals surface area contributed by atoms with Crippen LogP contribution in [-0.2, 0) is 4.79 Å². The topological polar surface area (TPSA) is 17.1 Å². The second-order valence-electron chi connectivity index (χ2n) is 3.56. The van der Waals surface area contributed by atoms with Crippen LogP contribution in [0.4, 0.5) is 0 Å². The molecule has 1 unspecified atom stereocenters. The molecule has 1 heteroatoms. The molecular weight excluding hydrogens is 136 g/mol. The molecule has 1 atom stereocenters. The molecule has 1 aliphatic rings. The zero-order chi connectivity index (χ0) is 8.27. The highest BCUT2D eigenvalue weighted by Crippen LogP contribution is 2.22. The Balaban J connectivity index is 2.55. The number of carbonyl (C=O) groups is 1. The molecule has 0 saturated heterocycles. The molecule has 1 rings (SSSR count). The van der Waals surface area contributed by atoms with Gasteiger partial charge in [-0.2, -0.15) is 0 Å². The van der Waals surface area contributed by atoms with Gasteiger partial charge in [-0.15, -0.1) is 0 Å². The van der Waals surface area contributed by atoms with Crippen molar-refractivity contribution in [3.63, 3.8) is 0 Å². The van der Waals surface area contributed by atoms with Crippen LogP contribution in [0.5, 0.6) is 0 Å². The van der Waals surface area contributed by atoms with Crippen molar-refractivity contribution in [2.45, 2.75) is 39.5 Å². The van der Waals surface area contributed by atoms with Gasteiger partial charge in [0.25, 0.3) is 0 Å². The van der Waals surface area contributed by atoms with Gasteiger partial charge in [0, 0.05) is 12.3 Å². The summed E-state index contributed by atoms with van der Waals surface area (Å²) >= 11 is 0. The predicted molar refractivity (Wildman–Crippen MR) is 46.4 cm³/mol. The number of rotatable bonds is 1. The van der Waals surface area contributed by atoms with Crippen molar-refractivity contribution in [1.82, 2.24) is 0 Å². The summed E-state index contributed by atoms with van der Waals surface area (Å²) in [7, 11) is 0. The summed E-state index contributed by atoms with van der Waals surface area (Å²) in [6.45, 7) is 4.11. The van der Waals surface area contributed by atoms with Gasteiger partial charge < -0.3 is 0 Å². The monoisotopic (exact) mass is 152 g/mol. The standard InChI is InChI=1S/C10H16O/c1-8(2)7-9-5-3-4-6-10(9)11/h7,9H,3-6H2,1-2H3. The van der Waals surface area contributed by atoms with Gasteiger partial charge in [0.1, 0.15) is 5.78 Å². The molecule has 1 aliphatic carbocycles. The Morgan fingerprint density at radius 1 is 1.45 bits per heavy atom. The summed E-state index contributed by atoms with van der Waals surface area (Å²) in [4.78, 5) is 11.3. The molecule has 0 N–H and O–H groups in total. The van der Waals surface area contributed by atoms with E-state index in [2.05, 4.69) is 19.9 Å². The first-order valence-electron chi connectivity index (χ1n) is 4.38. The van der Waals surface area contributed by atoms with E-state index in [1.807, 2.05) is 0 Å². The number of allylic oxidation sites excluding steroid dienone is 2. The predicted octanol–water partition coefficient (Wildman–Crippen LogP) is 2.71. The van der Waals surface area contributed by atoms with Gasteiger partial charge in [-0.1, -0.05) is 18.1 Å². The van der Waals surface area contributed by atoms with Crippen LogP contribution in [-0.4, -0.2) is 5.78 Å². The molecule has 0 bridgehead atoms. The Labute approximate surface area is 68.5 Å². The van der Waals surface area contributed by atoms with Crippen LogP contribution in [0.25, 0.3) is 0 Å². The maximum absolute atomic E-state index is 11.3. The van der Waals surface area contributed by atoms with Gasteiger partial charge in [0.05, 0.1) is 0 Å². The third-order valence-electron chi connectivity index (χ3n) is 2.14. The van der Waals surface area contributed by atoms with Crippen LogP contribution in [0.3, 0.4) is 0 Å². The molecule has 1 fully saturated rings. The van der Waals surface area contributed by atoms with Gasteiger partial charge in [-0.05, 0) is 26.7 Å². The average molecular weight is 152 g/mol. The van der Waals surface area contributed by atoms with Crippen molar-refractivity contribution in [2.75, 3.05) is 0 Å². The summed E-state index contributed by atoms with van der Waals surface area (Å²) in [6, 6.07) is 0. The normalized spacial score (nSPS) is 24.9. The number of Topliss-reactive ketones (excluding diaryl/α,β-unsaturated/α-hetero) is 1. The van der Waals surface area contributed by atoms with Crippen LogP contribution in [0.1, 0.15) is 39.5 Å². The highest BCUT2D eigenvalue weighted by atomic mass is 16.1. The van der Waals surface area contributed by atoms with Crippen LogP contribution in [0.15, 0.2) is 11.6 Å².